The van der Waals surface area contributed by atoms with Crippen LogP contribution < -0.4 is 14.2 Å². The summed E-state index contributed by atoms with van der Waals surface area (Å²) in [5.41, 5.74) is 1.73. The number of ether oxygens (including phenoxy) is 3. The van der Waals surface area contributed by atoms with Crippen LogP contribution in [-0.2, 0) is 0 Å². The summed E-state index contributed by atoms with van der Waals surface area (Å²) < 4.78 is 16.5. The average Bonchev–Trinajstić information content (AvgIpc) is 2.82. The van der Waals surface area contributed by atoms with E-state index in [1.54, 1.807) is 36.4 Å². The molecule has 0 unspecified atom stereocenters. The van der Waals surface area contributed by atoms with Gasteiger partial charge >= 0.3 is 11.9 Å². The summed E-state index contributed by atoms with van der Waals surface area (Å²) in [6.07, 6.45) is 0. The Morgan fingerprint density at radius 2 is 0.906 bits per heavy atom. The van der Waals surface area contributed by atoms with Gasteiger partial charge < -0.3 is 14.2 Å². The zero-order valence-corrected chi connectivity index (χ0v) is 17.4. The van der Waals surface area contributed by atoms with E-state index in [2.05, 4.69) is 0 Å². The Labute approximate surface area is 185 Å². The molecule has 158 valence electrons. The number of rotatable bonds is 6. The molecule has 0 atom stereocenters. The van der Waals surface area contributed by atoms with Crippen LogP contribution >= 0.6 is 0 Å². The number of carbonyl (C=O) groups excluding carboxylic acids is 2. The molecular weight excluding hydrogens is 404 g/mol. The third-order valence-corrected chi connectivity index (χ3v) is 4.60. The van der Waals surface area contributed by atoms with E-state index >= 15 is 0 Å². The molecular formula is C27H20O5. The molecule has 32 heavy (non-hydrogen) atoms. The number of aryl methyl sites for hydroxylation is 1. The lowest BCUT2D eigenvalue weighted by atomic mass is 10.1. The van der Waals surface area contributed by atoms with Gasteiger partial charge in [-0.15, -0.1) is 0 Å². The van der Waals surface area contributed by atoms with Crippen LogP contribution in [0, 0.1) is 6.92 Å². The molecule has 0 aliphatic heterocycles. The minimum Gasteiger partial charge on any atom is -0.457 e. The predicted molar refractivity (Wildman–Crippen MR) is 120 cm³/mol. The molecule has 0 heterocycles. The highest BCUT2D eigenvalue weighted by atomic mass is 16.5. The molecule has 4 aromatic rings. The largest absolute Gasteiger partial charge is 0.457 e. The minimum absolute atomic E-state index is 0.321. The van der Waals surface area contributed by atoms with E-state index in [-0.39, 0.29) is 0 Å². The van der Waals surface area contributed by atoms with Gasteiger partial charge in [0.2, 0.25) is 0 Å². The number of carbonyl (C=O) groups is 2. The Morgan fingerprint density at radius 3 is 1.41 bits per heavy atom. The Morgan fingerprint density at radius 1 is 0.500 bits per heavy atom. The van der Waals surface area contributed by atoms with Crippen LogP contribution in [0.2, 0.25) is 0 Å². The van der Waals surface area contributed by atoms with E-state index in [1.807, 2.05) is 49.4 Å². The number of para-hydroxylation sites is 1. The van der Waals surface area contributed by atoms with Gasteiger partial charge in [0.25, 0.3) is 0 Å². The molecule has 0 saturated carbocycles. The summed E-state index contributed by atoms with van der Waals surface area (Å²) in [5.74, 6) is 1.18. The number of hydrogen-bond acceptors (Lipinski definition) is 5. The molecule has 0 bridgehead atoms. The second-order valence-electron chi connectivity index (χ2n) is 7.06. The fourth-order valence-corrected chi connectivity index (χ4v) is 2.88. The number of esters is 2. The molecule has 0 aliphatic carbocycles. The highest BCUT2D eigenvalue weighted by molar-refractivity contribution is 5.94. The van der Waals surface area contributed by atoms with Gasteiger partial charge in [0.1, 0.15) is 23.0 Å². The lowest BCUT2D eigenvalue weighted by Gasteiger charge is -2.08. The maximum atomic E-state index is 12.4. The molecule has 5 nitrogen and oxygen atoms in total. The zero-order valence-electron chi connectivity index (χ0n) is 17.4. The van der Waals surface area contributed by atoms with E-state index < -0.39 is 11.9 Å². The Balaban J connectivity index is 1.35. The van der Waals surface area contributed by atoms with Crippen LogP contribution in [0.1, 0.15) is 26.3 Å². The monoisotopic (exact) mass is 424 g/mol. The summed E-state index contributed by atoms with van der Waals surface area (Å²) in [6, 6.07) is 29.5. The van der Waals surface area contributed by atoms with Crippen LogP contribution in [0.5, 0.6) is 23.0 Å². The molecule has 0 fully saturated rings. The standard InChI is InChI=1S/C27H20O5/c1-19-7-13-24(14-8-19)31-26(28)20-9-11-21(12-10-20)27(29)32-25-17-15-23(16-18-25)30-22-5-3-2-4-6-22/h2-18H,1H3. The minimum atomic E-state index is -0.528. The van der Waals surface area contributed by atoms with Gasteiger partial charge in [0.05, 0.1) is 11.1 Å². The molecule has 0 aromatic heterocycles. The lowest BCUT2D eigenvalue weighted by Crippen LogP contribution is -2.11. The van der Waals surface area contributed by atoms with Crippen molar-refractivity contribution in [2.24, 2.45) is 0 Å². The zero-order chi connectivity index (χ0) is 22.3. The molecule has 0 amide bonds. The second-order valence-corrected chi connectivity index (χ2v) is 7.06. The lowest BCUT2D eigenvalue weighted by molar-refractivity contribution is 0.0720. The van der Waals surface area contributed by atoms with E-state index in [0.717, 1.165) is 11.3 Å². The van der Waals surface area contributed by atoms with Crippen molar-refractivity contribution in [3.05, 3.63) is 120 Å². The first-order valence-corrected chi connectivity index (χ1v) is 10.0. The van der Waals surface area contributed by atoms with Crippen molar-refractivity contribution in [1.29, 1.82) is 0 Å². The quantitative estimate of drug-likeness (QED) is 0.271. The molecule has 0 spiro atoms. The first-order chi connectivity index (χ1) is 15.6. The third-order valence-electron chi connectivity index (χ3n) is 4.60. The van der Waals surface area contributed by atoms with E-state index in [0.29, 0.717) is 28.4 Å². The summed E-state index contributed by atoms with van der Waals surface area (Å²) in [6.45, 7) is 1.95. The molecule has 4 rings (SSSR count). The van der Waals surface area contributed by atoms with Crippen molar-refractivity contribution in [2.75, 3.05) is 0 Å². The second kappa shape index (κ2) is 9.62. The first-order valence-electron chi connectivity index (χ1n) is 10.0. The molecule has 0 radical (unpaired) electrons. The SMILES string of the molecule is Cc1ccc(OC(=O)c2ccc(C(=O)Oc3ccc(Oc4ccccc4)cc3)cc2)cc1. The van der Waals surface area contributed by atoms with Crippen LogP contribution in [-0.4, -0.2) is 11.9 Å². The van der Waals surface area contributed by atoms with Crippen molar-refractivity contribution in [1.82, 2.24) is 0 Å². The summed E-state index contributed by atoms with van der Waals surface area (Å²) in [4.78, 5) is 24.7. The van der Waals surface area contributed by atoms with Crippen LogP contribution in [0.15, 0.2) is 103 Å². The van der Waals surface area contributed by atoms with Gasteiger partial charge in [-0.2, -0.15) is 0 Å². The highest BCUT2D eigenvalue weighted by Crippen LogP contribution is 2.24. The maximum Gasteiger partial charge on any atom is 0.343 e. The predicted octanol–water partition coefficient (Wildman–Crippen LogP) is 6.23. The third kappa shape index (κ3) is 5.40. The fraction of sp³-hybridized carbons (Fsp3) is 0.0370. The highest BCUT2D eigenvalue weighted by Gasteiger charge is 2.13. The Kier molecular flexibility index (Phi) is 6.28. The molecule has 0 N–H and O–H groups in total. The van der Waals surface area contributed by atoms with Gasteiger partial charge in [-0.25, -0.2) is 9.59 Å². The van der Waals surface area contributed by atoms with Gasteiger partial charge in [-0.1, -0.05) is 35.9 Å². The van der Waals surface area contributed by atoms with E-state index in [1.165, 1.54) is 24.3 Å². The van der Waals surface area contributed by atoms with Gasteiger partial charge in [0.15, 0.2) is 0 Å². The summed E-state index contributed by atoms with van der Waals surface area (Å²) in [5, 5.41) is 0. The van der Waals surface area contributed by atoms with Crippen molar-refractivity contribution < 1.29 is 23.8 Å². The normalized spacial score (nSPS) is 10.3. The number of benzene rings is 4. The van der Waals surface area contributed by atoms with Gasteiger partial charge in [-0.05, 0) is 79.7 Å². The van der Waals surface area contributed by atoms with Crippen LogP contribution in [0.3, 0.4) is 0 Å². The topological polar surface area (TPSA) is 61.8 Å². The first kappa shape index (κ1) is 20.9. The van der Waals surface area contributed by atoms with Gasteiger partial charge in [-0.3, -0.25) is 0 Å². The molecule has 5 heteroatoms. The smallest absolute Gasteiger partial charge is 0.343 e. The van der Waals surface area contributed by atoms with Crippen LogP contribution in [0.25, 0.3) is 0 Å². The van der Waals surface area contributed by atoms with Crippen LogP contribution in [0.4, 0.5) is 0 Å². The number of hydrogen-bond donors (Lipinski definition) is 0. The molecule has 0 saturated heterocycles. The van der Waals surface area contributed by atoms with Crippen molar-refractivity contribution in [3.8, 4) is 23.0 Å². The fourth-order valence-electron chi connectivity index (χ4n) is 2.88. The maximum absolute atomic E-state index is 12.4. The average molecular weight is 424 g/mol. The summed E-state index contributed by atoms with van der Waals surface area (Å²) >= 11 is 0. The molecule has 0 aliphatic rings. The van der Waals surface area contributed by atoms with Crippen molar-refractivity contribution >= 4 is 11.9 Å². The van der Waals surface area contributed by atoms with E-state index in [4.69, 9.17) is 14.2 Å². The van der Waals surface area contributed by atoms with E-state index in [9.17, 15) is 9.59 Å². The summed E-state index contributed by atoms with van der Waals surface area (Å²) in [7, 11) is 0. The molecule has 4 aromatic carbocycles. The van der Waals surface area contributed by atoms with Crippen molar-refractivity contribution in [2.45, 2.75) is 6.92 Å². The van der Waals surface area contributed by atoms with Crippen molar-refractivity contribution in [3.63, 3.8) is 0 Å². The van der Waals surface area contributed by atoms with Gasteiger partial charge in [0, 0.05) is 0 Å². The Bertz CT molecular complexity index is 1200. The Hall–Kier alpha value is -4.38.